The van der Waals surface area contributed by atoms with Crippen LogP contribution < -0.4 is 5.32 Å². The van der Waals surface area contributed by atoms with Crippen LogP contribution in [0.2, 0.25) is 0 Å². The zero-order valence-electron chi connectivity index (χ0n) is 12.1. The molecule has 0 saturated carbocycles. The van der Waals surface area contributed by atoms with Gasteiger partial charge in [0.25, 0.3) is 0 Å². The van der Waals surface area contributed by atoms with Crippen molar-refractivity contribution in [1.82, 2.24) is 10.3 Å². The van der Waals surface area contributed by atoms with Gasteiger partial charge in [-0.05, 0) is 44.4 Å². The maximum Gasteiger partial charge on any atom is 0.0603 e. The summed E-state index contributed by atoms with van der Waals surface area (Å²) in [5, 5.41) is 3.32. The third kappa shape index (κ3) is 5.15. The second-order valence-corrected chi connectivity index (χ2v) is 5.13. The maximum absolute atomic E-state index is 5.67. The van der Waals surface area contributed by atoms with Gasteiger partial charge in [0, 0.05) is 19.4 Å². The summed E-state index contributed by atoms with van der Waals surface area (Å²) < 4.78 is 5.67. The molecule has 102 valence electrons. The lowest BCUT2D eigenvalue weighted by Gasteiger charge is -2.17. The molecule has 3 nitrogen and oxygen atoms in total. The molecule has 0 aromatic carbocycles. The monoisotopic (exact) mass is 250 g/mol. The van der Waals surface area contributed by atoms with Gasteiger partial charge in [0.2, 0.25) is 0 Å². The first kappa shape index (κ1) is 15.1. The number of rotatable bonds is 8. The normalized spacial score (nSPS) is 12.9. The van der Waals surface area contributed by atoms with Crippen molar-refractivity contribution in [2.45, 2.75) is 39.7 Å². The zero-order valence-corrected chi connectivity index (χ0v) is 12.1. The summed E-state index contributed by atoms with van der Waals surface area (Å²) >= 11 is 0. The van der Waals surface area contributed by atoms with Crippen molar-refractivity contribution in [2.75, 3.05) is 20.3 Å². The largest absolute Gasteiger partial charge is 0.381 e. The van der Waals surface area contributed by atoms with Gasteiger partial charge in [-0.3, -0.25) is 4.98 Å². The Bertz CT molecular complexity index is 339. The number of hydrogen-bond donors (Lipinski definition) is 1. The smallest absolute Gasteiger partial charge is 0.0603 e. The minimum Gasteiger partial charge on any atom is -0.381 e. The van der Waals surface area contributed by atoms with Gasteiger partial charge in [-0.25, -0.2) is 0 Å². The van der Waals surface area contributed by atoms with E-state index in [2.05, 4.69) is 37.1 Å². The van der Waals surface area contributed by atoms with E-state index in [1.54, 1.807) is 0 Å². The molecule has 1 unspecified atom stereocenters. The Hall–Kier alpha value is -0.930. The average Bonchev–Trinajstić information content (AvgIpc) is 2.35. The van der Waals surface area contributed by atoms with Crippen LogP contribution in [-0.2, 0) is 4.74 Å². The lowest BCUT2D eigenvalue weighted by Crippen LogP contribution is -2.20. The van der Waals surface area contributed by atoms with Gasteiger partial charge in [-0.1, -0.05) is 19.9 Å². The zero-order chi connectivity index (χ0) is 13.4. The Balaban J connectivity index is 2.36. The van der Waals surface area contributed by atoms with Crippen LogP contribution >= 0.6 is 0 Å². The average molecular weight is 250 g/mol. The van der Waals surface area contributed by atoms with Gasteiger partial charge in [0.15, 0.2) is 0 Å². The number of aryl methyl sites for hydroxylation is 1. The van der Waals surface area contributed by atoms with Gasteiger partial charge in [-0.15, -0.1) is 0 Å². The Morgan fingerprint density at radius 3 is 2.61 bits per heavy atom. The van der Waals surface area contributed by atoms with E-state index in [1.165, 1.54) is 5.56 Å². The van der Waals surface area contributed by atoms with Crippen molar-refractivity contribution in [1.29, 1.82) is 0 Å². The minimum absolute atomic E-state index is 0.283. The quantitative estimate of drug-likeness (QED) is 0.720. The Morgan fingerprint density at radius 2 is 2.00 bits per heavy atom. The van der Waals surface area contributed by atoms with Crippen LogP contribution in [0.5, 0.6) is 0 Å². The molecule has 1 N–H and O–H groups in total. The molecule has 0 fully saturated rings. The summed E-state index contributed by atoms with van der Waals surface area (Å²) in [6.07, 6.45) is 3.95. The summed E-state index contributed by atoms with van der Waals surface area (Å²) in [5.41, 5.74) is 2.37. The number of hydrogen-bond acceptors (Lipinski definition) is 3. The molecule has 1 rings (SSSR count). The third-order valence-corrected chi connectivity index (χ3v) is 3.12. The molecule has 0 aliphatic heterocycles. The van der Waals surface area contributed by atoms with Gasteiger partial charge in [0.05, 0.1) is 11.7 Å². The molecule has 0 saturated heterocycles. The highest BCUT2D eigenvalue weighted by Crippen LogP contribution is 2.17. The molecular formula is C15H26N2O. The molecule has 1 heterocycles. The Morgan fingerprint density at radius 1 is 1.28 bits per heavy atom. The predicted molar refractivity (Wildman–Crippen MR) is 75.7 cm³/mol. The number of nitrogens with one attached hydrogen (secondary N) is 1. The van der Waals surface area contributed by atoms with E-state index < -0.39 is 0 Å². The van der Waals surface area contributed by atoms with Crippen LogP contribution in [0.1, 0.15) is 44.0 Å². The Labute approximate surface area is 111 Å². The maximum atomic E-state index is 5.67. The fourth-order valence-electron chi connectivity index (χ4n) is 1.90. The molecule has 0 aliphatic rings. The van der Waals surface area contributed by atoms with Crippen LogP contribution in [0.15, 0.2) is 18.3 Å². The first-order valence-corrected chi connectivity index (χ1v) is 6.81. The number of pyridine rings is 1. The first-order chi connectivity index (χ1) is 8.65. The number of nitrogens with zero attached hydrogens (tertiary/aromatic N) is 1. The summed E-state index contributed by atoms with van der Waals surface area (Å²) in [5.74, 6) is 0.711. The van der Waals surface area contributed by atoms with E-state index >= 15 is 0 Å². The van der Waals surface area contributed by atoms with Gasteiger partial charge in [-0.2, -0.15) is 0 Å². The molecule has 0 radical (unpaired) electrons. The van der Waals surface area contributed by atoms with Crippen LogP contribution in [0, 0.1) is 12.8 Å². The van der Waals surface area contributed by atoms with Gasteiger partial charge in [0.1, 0.15) is 0 Å². The summed E-state index contributed by atoms with van der Waals surface area (Å²) in [6, 6.07) is 4.36. The summed E-state index contributed by atoms with van der Waals surface area (Å²) in [6.45, 7) is 8.18. The molecule has 3 heteroatoms. The molecule has 0 bridgehead atoms. The molecule has 1 aromatic rings. The summed E-state index contributed by atoms with van der Waals surface area (Å²) in [4.78, 5) is 4.46. The fraction of sp³-hybridized carbons (Fsp3) is 0.667. The number of ether oxygens (including phenoxy) is 1. The molecule has 0 spiro atoms. The van der Waals surface area contributed by atoms with Crippen LogP contribution in [0.4, 0.5) is 0 Å². The highest BCUT2D eigenvalue weighted by atomic mass is 16.5. The lowest BCUT2D eigenvalue weighted by molar-refractivity contribution is 0.114. The molecule has 0 amide bonds. The van der Waals surface area contributed by atoms with Crippen LogP contribution in [-0.4, -0.2) is 25.2 Å². The highest BCUT2D eigenvalue weighted by molar-refractivity contribution is 5.20. The van der Waals surface area contributed by atoms with Crippen molar-refractivity contribution >= 4 is 0 Å². The topological polar surface area (TPSA) is 34.1 Å². The first-order valence-electron chi connectivity index (χ1n) is 6.81. The number of aromatic nitrogens is 1. The van der Waals surface area contributed by atoms with Crippen molar-refractivity contribution in [2.24, 2.45) is 5.92 Å². The molecule has 1 atom stereocenters. The summed E-state index contributed by atoms with van der Waals surface area (Å²) in [7, 11) is 1.98. The van der Waals surface area contributed by atoms with Crippen molar-refractivity contribution in [3.63, 3.8) is 0 Å². The van der Waals surface area contributed by atoms with Crippen LogP contribution in [0.25, 0.3) is 0 Å². The van der Waals surface area contributed by atoms with Gasteiger partial charge < -0.3 is 10.1 Å². The fourth-order valence-corrected chi connectivity index (χ4v) is 1.90. The second kappa shape index (κ2) is 8.22. The van der Waals surface area contributed by atoms with Crippen molar-refractivity contribution in [3.8, 4) is 0 Å². The minimum atomic E-state index is 0.283. The molecule has 1 aromatic heterocycles. The van der Waals surface area contributed by atoms with Gasteiger partial charge >= 0.3 is 0 Å². The second-order valence-electron chi connectivity index (χ2n) is 5.13. The molecule has 0 aliphatic carbocycles. The highest BCUT2D eigenvalue weighted by Gasteiger charge is 2.12. The van der Waals surface area contributed by atoms with Crippen LogP contribution in [0.3, 0.4) is 0 Å². The van der Waals surface area contributed by atoms with E-state index in [4.69, 9.17) is 4.74 Å². The lowest BCUT2D eigenvalue weighted by atomic mass is 10.1. The molecule has 18 heavy (non-hydrogen) atoms. The van der Waals surface area contributed by atoms with Crippen molar-refractivity contribution < 1.29 is 4.74 Å². The van der Waals surface area contributed by atoms with E-state index in [0.29, 0.717) is 5.92 Å². The SMILES string of the molecule is CNC(CCOCCC(C)C)c1ncccc1C. The van der Waals surface area contributed by atoms with E-state index in [1.807, 2.05) is 19.3 Å². The Kier molecular flexibility index (Phi) is 6.91. The third-order valence-electron chi connectivity index (χ3n) is 3.12. The van der Waals surface area contributed by atoms with E-state index in [9.17, 15) is 0 Å². The van der Waals surface area contributed by atoms with E-state index in [-0.39, 0.29) is 6.04 Å². The van der Waals surface area contributed by atoms with E-state index in [0.717, 1.165) is 31.7 Å². The molecular weight excluding hydrogens is 224 g/mol. The standard InChI is InChI=1S/C15H26N2O/c1-12(2)7-10-18-11-8-14(16-4)15-13(3)6-5-9-17-15/h5-6,9,12,14,16H,7-8,10-11H2,1-4H3. The predicted octanol–water partition coefficient (Wildman–Crippen LogP) is 3.10. The van der Waals surface area contributed by atoms with Crippen molar-refractivity contribution in [3.05, 3.63) is 29.6 Å².